The molecule has 1 heterocycles. The summed E-state index contributed by atoms with van der Waals surface area (Å²) in [6.45, 7) is 9.02. The van der Waals surface area contributed by atoms with E-state index in [2.05, 4.69) is 18.7 Å². The third kappa shape index (κ3) is 2.48. The maximum atomic E-state index is 5.40. The van der Waals surface area contributed by atoms with Crippen LogP contribution in [0.4, 0.5) is 0 Å². The van der Waals surface area contributed by atoms with Gasteiger partial charge >= 0.3 is 0 Å². The van der Waals surface area contributed by atoms with Crippen LogP contribution in [0.15, 0.2) is 0 Å². The molecule has 0 aromatic rings. The van der Waals surface area contributed by atoms with Gasteiger partial charge in [-0.2, -0.15) is 0 Å². The molecule has 1 aliphatic heterocycles. The highest BCUT2D eigenvalue weighted by Gasteiger charge is 2.31. The first-order valence-corrected chi connectivity index (χ1v) is 5.99. The third-order valence-electron chi connectivity index (χ3n) is 3.74. The van der Waals surface area contributed by atoms with Crippen molar-refractivity contribution < 1.29 is 4.74 Å². The van der Waals surface area contributed by atoms with Gasteiger partial charge in [0.15, 0.2) is 0 Å². The van der Waals surface area contributed by atoms with Gasteiger partial charge in [-0.05, 0) is 24.7 Å². The van der Waals surface area contributed by atoms with Gasteiger partial charge in [-0.25, -0.2) is 0 Å². The lowest BCUT2D eigenvalue weighted by Crippen LogP contribution is -2.46. The number of nitrogens with zero attached hydrogens (tertiary/aromatic N) is 1. The van der Waals surface area contributed by atoms with Gasteiger partial charge in [0.25, 0.3) is 0 Å². The summed E-state index contributed by atoms with van der Waals surface area (Å²) in [5, 5.41) is 0. The lowest BCUT2D eigenvalue weighted by molar-refractivity contribution is -0.00523. The molecule has 0 bridgehead atoms. The topological polar surface area (TPSA) is 12.5 Å². The first kappa shape index (κ1) is 10.4. The largest absolute Gasteiger partial charge is 0.379 e. The molecular weight excluding hydrogens is 174 g/mol. The zero-order valence-corrected chi connectivity index (χ0v) is 9.59. The van der Waals surface area contributed by atoms with E-state index in [-0.39, 0.29) is 0 Å². The molecule has 0 radical (unpaired) electrons. The number of rotatable bonds is 1. The number of ether oxygens (including phenoxy) is 1. The van der Waals surface area contributed by atoms with Crippen LogP contribution < -0.4 is 0 Å². The summed E-state index contributed by atoms with van der Waals surface area (Å²) in [5.74, 6) is 0. The van der Waals surface area contributed by atoms with E-state index >= 15 is 0 Å². The standard InChI is InChI=1S/C12H23NO/c1-12(2)5-3-4-11(10-12)13-6-8-14-9-7-13/h11H,3-10H2,1-2H3/t11-/m0/s1. The minimum Gasteiger partial charge on any atom is -0.379 e. The van der Waals surface area contributed by atoms with Crippen molar-refractivity contribution in [2.45, 2.75) is 45.6 Å². The third-order valence-corrected chi connectivity index (χ3v) is 3.74. The fourth-order valence-corrected chi connectivity index (χ4v) is 2.91. The molecule has 0 N–H and O–H groups in total. The molecule has 0 amide bonds. The Morgan fingerprint density at radius 2 is 1.93 bits per heavy atom. The second-order valence-electron chi connectivity index (χ2n) is 5.56. The van der Waals surface area contributed by atoms with Crippen molar-refractivity contribution in [2.75, 3.05) is 26.3 Å². The Kier molecular flexibility index (Phi) is 3.13. The molecule has 1 atom stereocenters. The maximum Gasteiger partial charge on any atom is 0.0594 e. The Labute approximate surface area is 87.6 Å². The summed E-state index contributed by atoms with van der Waals surface area (Å²) in [4.78, 5) is 2.64. The van der Waals surface area contributed by atoms with Gasteiger partial charge in [0.2, 0.25) is 0 Å². The van der Waals surface area contributed by atoms with Gasteiger partial charge in [-0.3, -0.25) is 4.90 Å². The molecule has 0 spiro atoms. The molecule has 2 rings (SSSR count). The Hall–Kier alpha value is -0.0800. The Balaban J connectivity index is 1.89. The smallest absolute Gasteiger partial charge is 0.0594 e. The van der Waals surface area contributed by atoms with Crippen molar-refractivity contribution >= 4 is 0 Å². The summed E-state index contributed by atoms with van der Waals surface area (Å²) in [7, 11) is 0. The van der Waals surface area contributed by atoms with Crippen molar-refractivity contribution in [1.82, 2.24) is 4.90 Å². The average molecular weight is 197 g/mol. The predicted molar refractivity (Wildman–Crippen MR) is 58.4 cm³/mol. The van der Waals surface area contributed by atoms with E-state index in [1.165, 1.54) is 25.7 Å². The predicted octanol–water partition coefficient (Wildman–Crippen LogP) is 2.29. The minimum atomic E-state index is 0.571. The van der Waals surface area contributed by atoms with Crippen LogP contribution in [0, 0.1) is 5.41 Å². The van der Waals surface area contributed by atoms with Gasteiger partial charge in [0.05, 0.1) is 13.2 Å². The van der Waals surface area contributed by atoms with Crippen LogP contribution in [-0.2, 0) is 4.74 Å². The fourth-order valence-electron chi connectivity index (χ4n) is 2.91. The van der Waals surface area contributed by atoms with Crippen molar-refractivity contribution in [3.63, 3.8) is 0 Å². The van der Waals surface area contributed by atoms with Crippen LogP contribution in [0.25, 0.3) is 0 Å². The first-order chi connectivity index (χ1) is 6.67. The number of hydrogen-bond donors (Lipinski definition) is 0. The van der Waals surface area contributed by atoms with Gasteiger partial charge in [-0.1, -0.05) is 20.3 Å². The van der Waals surface area contributed by atoms with E-state index in [1.807, 2.05) is 0 Å². The molecule has 2 fully saturated rings. The fraction of sp³-hybridized carbons (Fsp3) is 1.00. The van der Waals surface area contributed by atoms with Crippen LogP contribution in [0.2, 0.25) is 0 Å². The van der Waals surface area contributed by atoms with Crippen molar-refractivity contribution in [3.8, 4) is 0 Å². The van der Waals surface area contributed by atoms with Crippen molar-refractivity contribution in [1.29, 1.82) is 0 Å². The molecule has 1 saturated heterocycles. The van der Waals surface area contributed by atoms with E-state index in [0.29, 0.717) is 5.41 Å². The Morgan fingerprint density at radius 3 is 2.57 bits per heavy atom. The van der Waals surface area contributed by atoms with Crippen molar-refractivity contribution in [3.05, 3.63) is 0 Å². The summed E-state index contributed by atoms with van der Waals surface area (Å²) >= 11 is 0. The van der Waals surface area contributed by atoms with E-state index < -0.39 is 0 Å². The van der Waals surface area contributed by atoms with Crippen LogP contribution in [0.1, 0.15) is 39.5 Å². The lowest BCUT2D eigenvalue weighted by Gasteiger charge is -2.42. The second kappa shape index (κ2) is 4.19. The molecule has 1 aliphatic carbocycles. The summed E-state index contributed by atoms with van der Waals surface area (Å²) < 4.78 is 5.40. The van der Waals surface area contributed by atoms with Crippen LogP contribution >= 0.6 is 0 Å². The SMILES string of the molecule is CC1(C)CCC[C@H](N2CCOCC2)C1. The highest BCUT2D eigenvalue weighted by molar-refractivity contribution is 4.85. The molecule has 0 aromatic heterocycles. The molecule has 0 aromatic carbocycles. The quantitative estimate of drug-likeness (QED) is 0.639. The molecule has 2 nitrogen and oxygen atoms in total. The van der Waals surface area contributed by atoms with Gasteiger partial charge in [-0.15, -0.1) is 0 Å². The van der Waals surface area contributed by atoms with E-state index in [9.17, 15) is 0 Å². The number of hydrogen-bond acceptors (Lipinski definition) is 2. The molecule has 2 heteroatoms. The van der Waals surface area contributed by atoms with Gasteiger partial charge in [0, 0.05) is 19.1 Å². The summed E-state index contributed by atoms with van der Waals surface area (Å²) in [5.41, 5.74) is 0.571. The lowest BCUT2D eigenvalue weighted by atomic mass is 9.74. The second-order valence-corrected chi connectivity index (χ2v) is 5.56. The van der Waals surface area contributed by atoms with Crippen molar-refractivity contribution in [2.24, 2.45) is 5.41 Å². The zero-order valence-electron chi connectivity index (χ0n) is 9.59. The highest BCUT2D eigenvalue weighted by atomic mass is 16.5. The Morgan fingerprint density at radius 1 is 1.21 bits per heavy atom. The monoisotopic (exact) mass is 197 g/mol. The van der Waals surface area contributed by atoms with Gasteiger partial charge < -0.3 is 4.74 Å². The van der Waals surface area contributed by atoms with Crippen LogP contribution in [0.5, 0.6) is 0 Å². The molecule has 82 valence electrons. The Bertz CT molecular complexity index is 185. The van der Waals surface area contributed by atoms with Crippen LogP contribution in [0.3, 0.4) is 0 Å². The molecule has 0 unspecified atom stereocenters. The normalized spacial score (nSPS) is 34.3. The maximum absolute atomic E-state index is 5.40. The molecule has 2 aliphatic rings. The molecule has 1 saturated carbocycles. The molecule has 14 heavy (non-hydrogen) atoms. The first-order valence-electron chi connectivity index (χ1n) is 5.99. The average Bonchev–Trinajstić information content (AvgIpc) is 2.18. The van der Waals surface area contributed by atoms with E-state index in [0.717, 1.165) is 32.3 Å². The number of morpholine rings is 1. The van der Waals surface area contributed by atoms with E-state index in [4.69, 9.17) is 4.74 Å². The zero-order chi connectivity index (χ0) is 10.0. The van der Waals surface area contributed by atoms with Crippen LogP contribution in [-0.4, -0.2) is 37.2 Å². The molecular formula is C12H23NO. The minimum absolute atomic E-state index is 0.571. The highest BCUT2D eigenvalue weighted by Crippen LogP contribution is 2.37. The van der Waals surface area contributed by atoms with Gasteiger partial charge in [0.1, 0.15) is 0 Å². The summed E-state index contributed by atoms with van der Waals surface area (Å²) in [6.07, 6.45) is 5.61. The summed E-state index contributed by atoms with van der Waals surface area (Å²) in [6, 6.07) is 0.836. The van der Waals surface area contributed by atoms with E-state index in [1.54, 1.807) is 0 Å².